The van der Waals surface area contributed by atoms with Crippen LogP contribution in [0.1, 0.15) is 42.4 Å². The third-order valence-electron chi connectivity index (χ3n) is 4.78. The highest BCUT2D eigenvalue weighted by atomic mass is 31.2. The van der Waals surface area contributed by atoms with Crippen molar-refractivity contribution in [2.45, 2.75) is 26.4 Å². The number of fused-ring (bicyclic) bond motifs is 1. The zero-order valence-corrected chi connectivity index (χ0v) is 18.8. The monoisotopic (exact) mass is 486 g/mol. The molecule has 1 unspecified atom stereocenters. The zero-order chi connectivity index (χ0) is 24.3. The number of hydrogen-bond acceptors (Lipinski definition) is 4. The van der Waals surface area contributed by atoms with Gasteiger partial charge < -0.3 is 13.8 Å². The van der Waals surface area contributed by atoms with Gasteiger partial charge in [-0.05, 0) is 49.2 Å². The Balaban J connectivity index is 1.93. The van der Waals surface area contributed by atoms with E-state index >= 15 is 0 Å². The molecule has 3 rings (SSSR count). The molecule has 0 radical (unpaired) electrons. The van der Waals surface area contributed by atoms with Gasteiger partial charge in [0.05, 0.1) is 24.4 Å². The molecular weight excluding hydrogens is 466 g/mol. The standard InChI is InChI=1S/C23H20F5O4P/c1-4-30-33(31-5-2)12(3)14-8-6-13-7-9-15(11-16(13)10-14)23(29)32-22-20(27)18(25)17(24)19(26)21(22)28/h6-12H,4-5H2,1-3H3. The third-order valence-corrected chi connectivity index (χ3v) is 6.73. The summed E-state index contributed by atoms with van der Waals surface area (Å²) < 4.78 is 83.6. The maximum Gasteiger partial charge on any atom is 0.343 e. The molecule has 4 nitrogen and oxygen atoms in total. The van der Waals surface area contributed by atoms with E-state index in [0.717, 1.165) is 10.9 Å². The van der Waals surface area contributed by atoms with Crippen molar-refractivity contribution in [3.8, 4) is 5.75 Å². The van der Waals surface area contributed by atoms with Gasteiger partial charge in [-0.1, -0.05) is 24.3 Å². The fourth-order valence-corrected chi connectivity index (χ4v) is 4.55. The average molecular weight is 486 g/mol. The molecule has 0 bridgehead atoms. The molecule has 10 heteroatoms. The second-order valence-electron chi connectivity index (χ2n) is 6.91. The van der Waals surface area contributed by atoms with E-state index in [-0.39, 0.29) is 11.2 Å². The summed E-state index contributed by atoms with van der Waals surface area (Å²) >= 11 is 0. The van der Waals surface area contributed by atoms with E-state index in [9.17, 15) is 26.7 Å². The van der Waals surface area contributed by atoms with Gasteiger partial charge in [-0.3, -0.25) is 0 Å². The van der Waals surface area contributed by atoms with Crippen molar-refractivity contribution in [3.63, 3.8) is 0 Å². The Morgan fingerprint density at radius 3 is 1.94 bits per heavy atom. The molecule has 0 aliphatic heterocycles. The fraction of sp³-hybridized carbons (Fsp3) is 0.261. The second kappa shape index (κ2) is 10.5. The fourth-order valence-electron chi connectivity index (χ4n) is 3.12. The Hall–Kier alpha value is -2.61. The van der Waals surface area contributed by atoms with E-state index < -0.39 is 49.2 Å². The van der Waals surface area contributed by atoms with Crippen LogP contribution in [-0.2, 0) is 9.05 Å². The summed E-state index contributed by atoms with van der Waals surface area (Å²) in [5, 5.41) is 1.37. The number of carbonyl (C=O) groups excluding carboxylic acids is 1. The van der Waals surface area contributed by atoms with Crippen molar-refractivity contribution in [2.75, 3.05) is 13.2 Å². The summed E-state index contributed by atoms with van der Waals surface area (Å²) in [5.41, 5.74) is 0.655. The van der Waals surface area contributed by atoms with Crippen molar-refractivity contribution in [1.29, 1.82) is 0 Å². The lowest BCUT2D eigenvalue weighted by molar-refractivity contribution is 0.0716. The van der Waals surface area contributed by atoms with E-state index in [2.05, 4.69) is 4.74 Å². The van der Waals surface area contributed by atoms with Crippen LogP contribution in [0.4, 0.5) is 22.0 Å². The molecule has 0 saturated carbocycles. The highest BCUT2D eigenvalue weighted by Crippen LogP contribution is 2.52. The number of hydrogen-bond donors (Lipinski definition) is 0. The number of ether oxygens (including phenoxy) is 1. The molecule has 0 heterocycles. The van der Waals surface area contributed by atoms with Crippen molar-refractivity contribution in [1.82, 2.24) is 0 Å². The highest BCUT2D eigenvalue weighted by molar-refractivity contribution is 7.47. The van der Waals surface area contributed by atoms with Crippen molar-refractivity contribution in [3.05, 3.63) is 76.6 Å². The number of benzene rings is 3. The number of rotatable bonds is 8. The van der Waals surface area contributed by atoms with Crippen molar-refractivity contribution >= 4 is 25.1 Å². The Labute approximate surface area is 188 Å². The first kappa shape index (κ1) is 25.0. The summed E-state index contributed by atoms with van der Waals surface area (Å²) in [6.07, 6.45) is 0. The first-order chi connectivity index (χ1) is 15.7. The predicted octanol–water partition coefficient (Wildman–Crippen LogP) is 7.20. The van der Waals surface area contributed by atoms with Gasteiger partial charge in [0.15, 0.2) is 8.38 Å². The van der Waals surface area contributed by atoms with Crippen molar-refractivity contribution < 1.29 is 40.5 Å². The predicted molar refractivity (Wildman–Crippen MR) is 114 cm³/mol. The van der Waals surface area contributed by atoms with Gasteiger partial charge >= 0.3 is 5.97 Å². The van der Waals surface area contributed by atoms with Gasteiger partial charge in [0.25, 0.3) is 0 Å². The molecular formula is C23H20F5O4P. The Bertz CT molecular complexity index is 1150. The first-order valence-corrected chi connectivity index (χ1v) is 11.3. The van der Waals surface area contributed by atoms with Gasteiger partial charge in [0, 0.05) is 0 Å². The topological polar surface area (TPSA) is 44.8 Å². The molecule has 0 saturated heterocycles. The van der Waals surface area contributed by atoms with Gasteiger partial charge in [-0.2, -0.15) is 8.78 Å². The average Bonchev–Trinajstić information content (AvgIpc) is 2.82. The van der Waals surface area contributed by atoms with Gasteiger partial charge in [-0.25, -0.2) is 18.0 Å². The van der Waals surface area contributed by atoms with Crippen LogP contribution in [0.25, 0.3) is 10.8 Å². The minimum atomic E-state index is -2.34. The smallest absolute Gasteiger partial charge is 0.343 e. The molecule has 1 atom stereocenters. The molecule has 0 aromatic heterocycles. The second-order valence-corrected chi connectivity index (χ2v) is 8.77. The largest absolute Gasteiger partial charge is 0.416 e. The molecule has 0 aliphatic rings. The van der Waals surface area contributed by atoms with Gasteiger partial charge in [-0.15, -0.1) is 0 Å². The maximum atomic E-state index is 13.9. The van der Waals surface area contributed by atoms with Crippen LogP contribution in [0.15, 0.2) is 36.4 Å². The first-order valence-electron chi connectivity index (χ1n) is 10.0. The maximum absolute atomic E-state index is 13.9. The van der Waals surface area contributed by atoms with Crippen LogP contribution >= 0.6 is 8.38 Å². The summed E-state index contributed by atoms with van der Waals surface area (Å²) in [6, 6.07) is 9.84. The summed E-state index contributed by atoms with van der Waals surface area (Å²) in [7, 11) is -1.20. The van der Waals surface area contributed by atoms with E-state index in [1.807, 2.05) is 39.0 Å². The molecule has 0 amide bonds. The summed E-state index contributed by atoms with van der Waals surface area (Å²) in [5.74, 6) is -14.1. The minimum Gasteiger partial charge on any atom is -0.416 e. The summed E-state index contributed by atoms with van der Waals surface area (Å²) in [4.78, 5) is 12.4. The number of esters is 1. The molecule has 0 N–H and O–H groups in total. The van der Waals surface area contributed by atoms with Crippen LogP contribution < -0.4 is 4.74 Å². The molecule has 0 aliphatic carbocycles. The van der Waals surface area contributed by atoms with Gasteiger partial charge in [0.2, 0.25) is 34.8 Å². The lowest BCUT2D eigenvalue weighted by Gasteiger charge is -2.23. The van der Waals surface area contributed by atoms with E-state index in [1.54, 1.807) is 6.07 Å². The molecule has 3 aromatic carbocycles. The Morgan fingerprint density at radius 2 is 1.36 bits per heavy atom. The number of carbonyl (C=O) groups is 1. The SMILES string of the molecule is CCOP(OCC)C(C)c1ccc2ccc(C(=O)Oc3c(F)c(F)c(F)c(F)c3F)cc2c1. The molecule has 176 valence electrons. The molecule has 33 heavy (non-hydrogen) atoms. The third kappa shape index (κ3) is 5.16. The number of halogens is 5. The van der Waals surface area contributed by atoms with Gasteiger partial charge in [0.1, 0.15) is 0 Å². The van der Waals surface area contributed by atoms with Crippen LogP contribution in [0, 0.1) is 29.1 Å². The van der Waals surface area contributed by atoms with E-state index in [0.29, 0.717) is 18.6 Å². The molecule has 3 aromatic rings. The lowest BCUT2D eigenvalue weighted by atomic mass is 10.0. The quantitative estimate of drug-likeness (QED) is 0.0844. The van der Waals surface area contributed by atoms with Crippen molar-refractivity contribution in [2.24, 2.45) is 0 Å². The summed E-state index contributed by atoms with van der Waals surface area (Å²) in [6.45, 7) is 6.64. The molecule has 0 spiro atoms. The van der Waals surface area contributed by atoms with Crippen LogP contribution in [0.2, 0.25) is 0 Å². The normalized spacial score (nSPS) is 12.4. The lowest BCUT2D eigenvalue weighted by Crippen LogP contribution is -2.13. The molecule has 0 fully saturated rings. The van der Waals surface area contributed by atoms with E-state index in [1.165, 1.54) is 12.1 Å². The highest BCUT2D eigenvalue weighted by Gasteiger charge is 2.29. The van der Waals surface area contributed by atoms with E-state index in [4.69, 9.17) is 9.05 Å². The Morgan fingerprint density at radius 1 is 0.818 bits per heavy atom. The van der Waals surface area contributed by atoms with Crippen LogP contribution in [0.5, 0.6) is 5.75 Å². The Kier molecular flexibility index (Phi) is 8.00. The van der Waals surface area contributed by atoms with Crippen LogP contribution in [-0.4, -0.2) is 19.2 Å². The zero-order valence-electron chi connectivity index (χ0n) is 17.9. The van der Waals surface area contributed by atoms with Crippen LogP contribution in [0.3, 0.4) is 0 Å². The minimum absolute atomic E-state index is 0.0896.